The zero-order chi connectivity index (χ0) is 19.0. The number of aliphatic hydroxyl groups excluding tert-OH is 1. The molecule has 5 rings (SSSR count). The van der Waals surface area contributed by atoms with Crippen LogP contribution in [0, 0.1) is 34.5 Å². The van der Waals surface area contributed by atoms with Crippen LogP contribution >= 0.6 is 0 Å². The molecule has 4 nitrogen and oxygen atoms in total. The third kappa shape index (κ3) is 2.38. The highest BCUT2D eigenvalue weighted by molar-refractivity contribution is 5.85. The summed E-state index contributed by atoms with van der Waals surface area (Å²) in [5.41, 5.74) is 0.812. The van der Waals surface area contributed by atoms with E-state index in [4.69, 9.17) is 4.74 Å². The van der Waals surface area contributed by atoms with E-state index in [1.807, 2.05) is 0 Å². The molecule has 5 aliphatic rings. The fourth-order valence-electron chi connectivity index (χ4n) is 8.51. The Morgan fingerprint density at radius 3 is 2.48 bits per heavy atom. The average Bonchev–Trinajstić information content (AvgIpc) is 3.19. The van der Waals surface area contributed by atoms with Crippen LogP contribution in [-0.2, 0) is 9.53 Å². The van der Waals surface area contributed by atoms with Crippen LogP contribution in [0.4, 0.5) is 0 Å². The number of fused-ring (bicyclic) bond motifs is 5. The Hall–Kier alpha value is -0.870. The highest BCUT2D eigenvalue weighted by atomic mass is 16.5. The van der Waals surface area contributed by atoms with E-state index in [0.29, 0.717) is 30.3 Å². The van der Waals surface area contributed by atoms with Crippen LogP contribution in [-0.4, -0.2) is 34.5 Å². The minimum absolute atomic E-state index is 0.0719. The molecule has 4 fully saturated rings. The molecular formula is C23H34O4. The first-order valence-electron chi connectivity index (χ1n) is 11.0. The Morgan fingerprint density at radius 2 is 1.74 bits per heavy atom. The second-order valence-corrected chi connectivity index (χ2v) is 10.8. The fraction of sp³-hybridized carbons (Fsp3) is 0.870. The summed E-state index contributed by atoms with van der Waals surface area (Å²) >= 11 is 0. The van der Waals surface area contributed by atoms with Crippen LogP contribution in [0.3, 0.4) is 0 Å². The molecule has 1 heterocycles. The van der Waals surface area contributed by atoms with Crippen LogP contribution in [0.1, 0.15) is 71.6 Å². The van der Waals surface area contributed by atoms with Gasteiger partial charge in [-0.05, 0) is 97.9 Å². The number of hydrogen-bond acceptors (Lipinski definition) is 4. The van der Waals surface area contributed by atoms with Crippen LogP contribution in [0.15, 0.2) is 11.6 Å². The van der Waals surface area contributed by atoms with Crippen molar-refractivity contribution in [3.63, 3.8) is 0 Å². The van der Waals surface area contributed by atoms with E-state index >= 15 is 0 Å². The number of hydrogen-bond donors (Lipinski definition) is 2. The van der Waals surface area contributed by atoms with Crippen molar-refractivity contribution in [2.75, 3.05) is 6.61 Å². The number of aliphatic hydroxyl groups is 2. The molecule has 8 atom stereocenters. The van der Waals surface area contributed by atoms with Crippen molar-refractivity contribution in [2.24, 2.45) is 34.5 Å². The highest BCUT2D eigenvalue weighted by Gasteiger charge is 2.66. The molecule has 0 bridgehead atoms. The Labute approximate surface area is 162 Å². The van der Waals surface area contributed by atoms with Crippen LogP contribution in [0.25, 0.3) is 0 Å². The monoisotopic (exact) mass is 374 g/mol. The number of esters is 1. The maximum absolute atomic E-state index is 12.1. The molecule has 0 saturated heterocycles. The molecule has 2 N–H and O–H groups in total. The van der Waals surface area contributed by atoms with Gasteiger partial charge in [0.05, 0.1) is 11.7 Å². The molecule has 0 aromatic rings. The van der Waals surface area contributed by atoms with Gasteiger partial charge in [0.25, 0.3) is 0 Å². The summed E-state index contributed by atoms with van der Waals surface area (Å²) in [7, 11) is 0. The van der Waals surface area contributed by atoms with Gasteiger partial charge in [-0.25, -0.2) is 4.79 Å². The van der Waals surface area contributed by atoms with E-state index in [0.717, 1.165) is 63.4 Å². The van der Waals surface area contributed by atoms with Gasteiger partial charge in [0.1, 0.15) is 6.61 Å². The third-order valence-corrected chi connectivity index (χ3v) is 9.84. The van der Waals surface area contributed by atoms with E-state index in [1.54, 1.807) is 6.08 Å². The smallest absolute Gasteiger partial charge is 0.331 e. The summed E-state index contributed by atoms with van der Waals surface area (Å²) in [6.45, 7) is 5.22. The second kappa shape index (κ2) is 5.82. The lowest BCUT2D eigenvalue weighted by molar-refractivity contribution is -0.224. The predicted molar refractivity (Wildman–Crippen MR) is 102 cm³/mol. The minimum Gasteiger partial charge on any atom is -0.458 e. The molecule has 0 aromatic heterocycles. The summed E-state index contributed by atoms with van der Waals surface area (Å²) in [6, 6.07) is 0. The van der Waals surface area contributed by atoms with Gasteiger partial charge >= 0.3 is 5.97 Å². The van der Waals surface area contributed by atoms with E-state index in [-0.39, 0.29) is 22.9 Å². The van der Waals surface area contributed by atoms with Crippen molar-refractivity contribution >= 4 is 5.97 Å². The lowest BCUT2D eigenvalue weighted by Gasteiger charge is -2.64. The summed E-state index contributed by atoms with van der Waals surface area (Å²) in [5, 5.41) is 22.3. The normalized spacial score (nSPS) is 54.6. The van der Waals surface area contributed by atoms with Crippen molar-refractivity contribution in [1.82, 2.24) is 0 Å². The average molecular weight is 375 g/mol. The van der Waals surface area contributed by atoms with E-state index in [1.165, 1.54) is 0 Å². The first-order chi connectivity index (χ1) is 12.8. The second-order valence-electron chi connectivity index (χ2n) is 10.8. The highest BCUT2D eigenvalue weighted by Crippen LogP contribution is 2.69. The molecule has 27 heavy (non-hydrogen) atoms. The predicted octanol–water partition coefficient (Wildman–Crippen LogP) is 3.60. The molecule has 0 radical (unpaired) electrons. The van der Waals surface area contributed by atoms with Crippen molar-refractivity contribution in [3.05, 3.63) is 11.6 Å². The molecule has 150 valence electrons. The summed E-state index contributed by atoms with van der Waals surface area (Å²) < 4.78 is 5.21. The van der Waals surface area contributed by atoms with Gasteiger partial charge in [-0.2, -0.15) is 0 Å². The van der Waals surface area contributed by atoms with Crippen molar-refractivity contribution in [1.29, 1.82) is 0 Å². The van der Waals surface area contributed by atoms with Gasteiger partial charge in [0.15, 0.2) is 0 Å². The first kappa shape index (κ1) is 18.2. The largest absolute Gasteiger partial charge is 0.458 e. The molecule has 0 aromatic carbocycles. The van der Waals surface area contributed by atoms with Gasteiger partial charge in [-0.1, -0.05) is 13.8 Å². The first-order valence-corrected chi connectivity index (χ1v) is 11.0. The van der Waals surface area contributed by atoms with Crippen molar-refractivity contribution in [2.45, 2.75) is 83.3 Å². The third-order valence-electron chi connectivity index (χ3n) is 9.84. The number of carbonyl (C=O) groups is 1. The minimum atomic E-state index is -0.584. The fourth-order valence-corrected chi connectivity index (χ4v) is 8.51. The Bertz CT molecular complexity index is 686. The molecule has 0 spiro atoms. The van der Waals surface area contributed by atoms with Gasteiger partial charge in [-0.3, -0.25) is 0 Å². The Kier molecular flexibility index (Phi) is 3.92. The summed E-state index contributed by atoms with van der Waals surface area (Å²) in [4.78, 5) is 11.6. The number of rotatable bonds is 1. The standard InChI is InChI=1S/C23H34O4/c1-21-8-6-16(24)12-15(21)5-10-23(26)18-4-3-17(14-11-20(25)27-13-14)22(18,2)9-7-19(21)23/h11,15-19,24,26H,3-10,12-13H2,1-2H3/t15-,16+,17-,18-,19-,21+,22-,23-/m1/s1. The zero-order valence-electron chi connectivity index (χ0n) is 16.7. The number of carbonyl (C=O) groups excluding carboxylic acids is 1. The molecule has 4 saturated carbocycles. The van der Waals surface area contributed by atoms with E-state index < -0.39 is 5.60 Å². The van der Waals surface area contributed by atoms with Gasteiger partial charge in [0.2, 0.25) is 0 Å². The Balaban J connectivity index is 1.47. The SMILES string of the molecule is C[C@]12CC[C@H](O)C[C@H]1CC[C@]1(O)[C@@H]2CC[C@]2(C)[C@@H](C3=CC(=O)OC3)CC[C@H]21. The van der Waals surface area contributed by atoms with Crippen LogP contribution in [0.5, 0.6) is 0 Å². The molecule has 4 heteroatoms. The van der Waals surface area contributed by atoms with Crippen molar-refractivity contribution < 1.29 is 19.7 Å². The maximum atomic E-state index is 12.1. The summed E-state index contributed by atoms with van der Waals surface area (Å²) in [6.07, 6.45) is 10.7. The topological polar surface area (TPSA) is 66.8 Å². The van der Waals surface area contributed by atoms with E-state index in [9.17, 15) is 15.0 Å². The van der Waals surface area contributed by atoms with Gasteiger partial charge in [0, 0.05) is 6.08 Å². The van der Waals surface area contributed by atoms with Gasteiger partial charge < -0.3 is 14.9 Å². The van der Waals surface area contributed by atoms with Crippen molar-refractivity contribution in [3.8, 4) is 0 Å². The van der Waals surface area contributed by atoms with E-state index in [2.05, 4.69) is 13.8 Å². The zero-order valence-corrected chi connectivity index (χ0v) is 16.7. The Morgan fingerprint density at radius 1 is 1.00 bits per heavy atom. The molecular weight excluding hydrogens is 340 g/mol. The van der Waals surface area contributed by atoms with Gasteiger partial charge in [-0.15, -0.1) is 0 Å². The van der Waals surface area contributed by atoms with Crippen LogP contribution < -0.4 is 0 Å². The number of cyclic esters (lactones) is 1. The lowest BCUT2D eigenvalue weighted by Crippen LogP contribution is -2.64. The quantitative estimate of drug-likeness (QED) is 0.688. The molecule has 4 aliphatic carbocycles. The summed E-state index contributed by atoms with van der Waals surface area (Å²) in [5.74, 6) is 1.39. The van der Waals surface area contributed by atoms with Crippen LogP contribution in [0.2, 0.25) is 0 Å². The maximum Gasteiger partial charge on any atom is 0.331 e. The lowest BCUT2D eigenvalue weighted by atomic mass is 9.42. The molecule has 0 amide bonds. The molecule has 0 unspecified atom stereocenters. The number of ether oxygens (including phenoxy) is 1. The molecule has 1 aliphatic heterocycles.